The first kappa shape index (κ1) is 27.6. The molecule has 0 aliphatic heterocycles. The lowest BCUT2D eigenvalue weighted by molar-refractivity contribution is -0.192. The van der Waals surface area contributed by atoms with Gasteiger partial charge in [-0.05, 0) is 59.5 Å². The highest BCUT2D eigenvalue weighted by Gasteiger charge is 2.38. The number of alkyl halides is 3. The number of carboxylic acids is 1. The molecule has 5 aromatic rings. The number of rotatable bonds is 6. The molecule has 5 rings (SSSR count). The Morgan fingerprint density at radius 3 is 2.32 bits per heavy atom. The number of carboxylic acid groups (broad SMARTS) is 1. The van der Waals surface area contributed by atoms with E-state index in [1.54, 1.807) is 11.3 Å². The normalized spacial score (nSPS) is 12.1. The summed E-state index contributed by atoms with van der Waals surface area (Å²) in [5.41, 5.74) is 5.68. The molecule has 0 fully saturated rings. The molecule has 0 amide bonds. The van der Waals surface area contributed by atoms with Crippen LogP contribution in [0.3, 0.4) is 0 Å². The van der Waals surface area contributed by atoms with Crippen LogP contribution in [0.5, 0.6) is 0 Å². The van der Waals surface area contributed by atoms with E-state index in [1.165, 1.54) is 16.7 Å². The van der Waals surface area contributed by atoms with Gasteiger partial charge in [-0.3, -0.25) is 0 Å². The number of hydrogen-bond donors (Lipinski definition) is 1. The van der Waals surface area contributed by atoms with Gasteiger partial charge in [0.1, 0.15) is 5.01 Å². The van der Waals surface area contributed by atoms with Gasteiger partial charge in [0, 0.05) is 28.2 Å². The summed E-state index contributed by atoms with van der Waals surface area (Å²) in [5.74, 6) is -2.70. The van der Waals surface area contributed by atoms with E-state index in [-0.39, 0.29) is 5.92 Å². The van der Waals surface area contributed by atoms with Crippen molar-refractivity contribution in [1.82, 2.24) is 14.5 Å². The quantitative estimate of drug-likeness (QED) is 0.223. The summed E-state index contributed by atoms with van der Waals surface area (Å²) in [6.45, 7) is 0.836. The van der Waals surface area contributed by atoms with E-state index in [9.17, 15) is 13.2 Å². The lowest BCUT2D eigenvalue weighted by Gasteiger charge is -2.16. The van der Waals surface area contributed by atoms with Gasteiger partial charge in [0.15, 0.2) is 0 Å². The molecule has 0 aliphatic rings. The zero-order valence-electron chi connectivity index (χ0n) is 19.6. The second kappa shape index (κ2) is 12.0. The van der Waals surface area contributed by atoms with Crippen LogP contribution in [-0.2, 0) is 17.8 Å². The average molecular weight is 578 g/mol. The Hall–Kier alpha value is -3.40. The third-order valence-corrected chi connectivity index (χ3v) is 6.98. The van der Waals surface area contributed by atoms with Gasteiger partial charge in [-0.25, -0.2) is 14.8 Å². The smallest absolute Gasteiger partial charge is 0.475 e. The summed E-state index contributed by atoms with van der Waals surface area (Å²) in [5, 5.41) is 11.7. The number of hydrogen-bond acceptors (Lipinski definition) is 4. The third kappa shape index (κ3) is 6.92. The summed E-state index contributed by atoms with van der Waals surface area (Å²) in [4.78, 5) is 18.1. The second-order valence-corrected chi connectivity index (χ2v) is 10.0. The van der Waals surface area contributed by atoms with E-state index < -0.39 is 12.1 Å². The highest BCUT2D eigenvalue weighted by molar-refractivity contribution is 7.09. The molecule has 2 heterocycles. The van der Waals surface area contributed by atoms with Crippen molar-refractivity contribution in [1.29, 1.82) is 0 Å². The van der Waals surface area contributed by atoms with Crippen LogP contribution >= 0.6 is 34.5 Å². The molecule has 196 valence electrons. The van der Waals surface area contributed by atoms with Gasteiger partial charge in [-0.15, -0.1) is 11.3 Å². The maximum absolute atomic E-state index is 10.6. The van der Waals surface area contributed by atoms with E-state index in [2.05, 4.69) is 50.9 Å². The van der Waals surface area contributed by atoms with Gasteiger partial charge in [0.2, 0.25) is 0 Å². The van der Waals surface area contributed by atoms with Crippen LogP contribution in [0.4, 0.5) is 13.2 Å². The summed E-state index contributed by atoms with van der Waals surface area (Å²) < 4.78 is 33.9. The van der Waals surface area contributed by atoms with E-state index in [0.29, 0.717) is 0 Å². The largest absolute Gasteiger partial charge is 0.490 e. The molecule has 38 heavy (non-hydrogen) atoms. The van der Waals surface area contributed by atoms with Crippen LogP contribution in [0.25, 0.3) is 11.0 Å². The van der Waals surface area contributed by atoms with Crippen LogP contribution in [-0.4, -0.2) is 31.8 Å². The zero-order chi connectivity index (χ0) is 27.3. The van der Waals surface area contributed by atoms with Crippen molar-refractivity contribution >= 4 is 51.5 Å². The zero-order valence-corrected chi connectivity index (χ0v) is 21.9. The number of imidazole rings is 1. The fourth-order valence-electron chi connectivity index (χ4n) is 3.88. The van der Waals surface area contributed by atoms with Gasteiger partial charge in [-0.2, -0.15) is 13.2 Å². The molecular formula is C27H20Cl2F3N3O2S. The minimum absolute atomic E-state index is 0.0537. The van der Waals surface area contributed by atoms with Gasteiger partial charge in [0.05, 0.1) is 23.3 Å². The summed E-state index contributed by atoms with van der Waals surface area (Å²) >= 11 is 13.9. The van der Waals surface area contributed by atoms with Crippen molar-refractivity contribution in [2.45, 2.75) is 25.1 Å². The second-order valence-electron chi connectivity index (χ2n) is 8.22. The first-order chi connectivity index (χ1) is 18.1. The number of carbonyl (C=O) groups is 1. The van der Waals surface area contributed by atoms with Gasteiger partial charge in [0.25, 0.3) is 0 Å². The van der Waals surface area contributed by atoms with Crippen LogP contribution < -0.4 is 0 Å². The molecule has 1 unspecified atom stereocenters. The first-order valence-corrected chi connectivity index (χ1v) is 12.9. The lowest BCUT2D eigenvalue weighted by atomic mass is 9.91. The predicted octanol–water partition coefficient (Wildman–Crippen LogP) is 7.86. The van der Waals surface area contributed by atoms with Gasteiger partial charge < -0.3 is 9.67 Å². The van der Waals surface area contributed by atoms with Crippen molar-refractivity contribution in [3.8, 4) is 0 Å². The lowest BCUT2D eigenvalue weighted by Crippen LogP contribution is -2.21. The number of aliphatic carboxylic acids is 1. The number of thiazole rings is 1. The highest BCUT2D eigenvalue weighted by Crippen LogP contribution is 2.35. The number of halogens is 5. The predicted molar refractivity (Wildman–Crippen MR) is 143 cm³/mol. The summed E-state index contributed by atoms with van der Waals surface area (Å²) in [7, 11) is 0. The summed E-state index contributed by atoms with van der Waals surface area (Å²) in [6, 6.07) is 22.5. The SMILES string of the molecule is Clc1ccc(C(c2ccc3ncn(CCc4cccc(Cl)c4)c3c2)c2nccs2)cc1.O=C(O)C(F)(F)F. The molecule has 5 nitrogen and oxygen atoms in total. The fraction of sp³-hybridized carbons (Fsp3) is 0.148. The molecule has 1 atom stereocenters. The third-order valence-electron chi connectivity index (χ3n) is 5.65. The van der Waals surface area contributed by atoms with Crippen molar-refractivity contribution in [3.05, 3.63) is 116 Å². The molecule has 1 N–H and O–H groups in total. The Morgan fingerprint density at radius 2 is 1.68 bits per heavy atom. The Morgan fingerprint density at radius 1 is 0.974 bits per heavy atom. The topological polar surface area (TPSA) is 68.0 Å². The number of aromatic nitrogens is 3. The minimum atomic E-state index is -5.08. The van der Waals surface area contributed by atoms with E-state index >= 15 is 0 Å². The molecular weight excluding hydrogens is 558 g/mol. The number of aryl methyl sites for hydroxylation is 2. The highest BCUT2D eigenvalue weighted by atomic mass is 35.5. The number of benzene rings is 3. The van der Waals surface area contributed by atoms with E-state index in [1.807, 2.05) is 48.2 Å². The Labute approximate surface area is 230 Å². The average Bonchev–Trinajstić information content (AvgIpc) is 3.54. The van der Waals surface area contributed by atoms with Crippen LogP contribution in [0, 0.1) is 0 Å². The first-order valence-electron chi connectivity index (χ1n) is 11.3. The minimum Gasteiger partial charge on any atom is -0.475 e. The van der Waals surface area contributed by atoms with Crippen LogP contribution in [0.1, 0.15) is 27.6 Å². The van der Waals surface area contributed by atoms with E-state index in [4.69, 9.17) is 33.1 Å². The molecule has 0 radical (unpaired) electrons. The molecule has 0 saturated heterocycles. The molecule has 3 aromatic carbocycles. The molecule has 0 saturated carbocycles. The van der Waals surface area contributed by atoms with Crippen molar-refractivity contribution in [3.63, 3.8) is 0 Å². The maximum atomic E-state index is 10.6. The fourth-order valence-corrected chi connectivity index (χ4v) is 5.01. The molecule has 11 heteroatoms. The maximum Gasteiger partial charge on any atom is 0.490 e. The molecule has 0 spiro atoms. The van der Waals surface area contributed by atoms with Crippen molar-refractivity contribution < 1.29 is 23.1 Å². The van der Waals surface area contributed by atoms with Gasteiger partial charge in [-0.1, -0.05) is 53.5 Å². The Bertz CT molecular complexity index is 1520. The number of nitrogens with zero attached hydrogens (tertiary/aromatic N) is 3. The van der Waals surface area contributed by atoms with Crippen molar-refractivity contribution in [2.75, 3.05) is 0 Å². The van der Waals surface area contributed by atoms with E-state index in [0.717, 1.165) is 39.1 Å². The monoisotopic (exact) mass is 577 g/mol. The Balaban J connectivity index is 0.000000426. The standard InChI is InChI=1S/C25H19Cl2N3S.C2HF3O2/c26-20-7-4-18(5-8-20)24(25-28-11-13-31-25)19-6-9-22-23(15-19)30(16-29-22)12-10-17-2-1-3-21(27)14-17;3-2(4,5)1(6)7/h1-9,11,13-16,24H,10,12H2;(H,6,7). The molecule has 0 bridgehead atoms. The van der Waals surface area contributed by atoms with Crippen LogP contribution in [0.15, 0.2) is 84.6 Å². The summed E-state index contributed by atoms with van der Waals surface area (Å²) in [6.07, 6.45) is -0.417. The van der Waals surface area contributed by atoms with Crippen LogP contribution in [0.2, 0.25) is 10.0 Å². The molecule has 2 aromatic heterocycles. The van der Waals surface area contributed by atoms with Crippen molar-refractivity contribution in [2.24, 2.45) is 0 Å². The van der Waals surface area contributed by atoms with Gasteiger partial charge >= 0.3 is 12.1 Å². The Kier molecular flexibility index (Phi) is 8.71. The number of fused-ring (bicyclic) bond motifs is 1. The molecule has 0 aliphatic carbocycles.